The number of ether oxygens (including phenoxy) is 1. The van der Waals surface area contributed by atoms with Crippen molar-refractivity contribution in [2.75, 3.05) is 0 Å². The van der Waals surface area contributed by atoms with Crippen molar-refractivity contribution in [3.8, 4) is 5.75 Å². The van der Waals surface area contributed by atoms with E-state index >= 15 is 0 Å². The van der Waals surface area contributed by atoms with Gasteiger partial charge in [0.05, 0.1) is 10.6 Å². The molecule has 1 fully saturated rings. The number of rotatable bonds is 2. The molecule has 0 heterocycles. The number of benzene rings is 1. The molecule has 0 atom stereocenters. The number of hydrogen-bond acceptors (Lipinski definition) is 2. The van der Waals surface area contributed by atoms with E-state index in [9.17, 15) is 4.39 Å². The predicted octanol–water partition coefficient (Wildman–Crippen LogP) is 2.49. The summed E-state index contributed by atoms with van der Waals surface area (Å²) < 4.78 is 18.7. The predicted molar refractivity (Wildman–Crippen MR) is 53.8 cm³/mol. The van der Waals surface area contributed by atoms with Crippen LogP contribution in [0.3, 0.4) is 0 Å². The fourth-order valence-corrected chi connectivity index (χ4v) is 1.73. The molecule has 1 aliphatic rings. The van der Waals surface area contributed by atoms with Crippen LogP contribution in [-0.4, -0.2) is 17.3 Å². The molecule has 14 heavy (non-hydrogen) atoms. The first-order valence-electron chi connectivity index (χ1n) is 4.45. The average Bonchev–Trinajstić information content (AvgIpc) is 2.09. The van der Waals surface area contributed by atoms with Crippen LogP contribution in [0.25, 0.3) is 0 Å². The quantitative estimate of drug-likeness (QED) is 0.886. The summed E-state index contributed by atoms with van der Waals surface area (Å²) in [5, 5.41) is 9.05. The van der Waals surface area contributed by atoms with E-state index in [0.29, 0.717) is 23.1 Å². The molecule has 2 nitrogen and oxygen atoms in total. The normalized spacial score (nSPS) is 25.6. The van der Waals surface area contributed by atoms with Crippen LogP contribution in [0.4, 0.5) is 4.39 Å². The van der Waals surface area contributed by atoms with Crippen LogP contribution < -0.4 is 4.74 Å². The molecular weight excluding hydrogens is 251 g/mol. The molecule has 2 rings (SSSR count). The van der Waals surface area contributed by atoms with Crippen LogP contribution in [0.5, 0.6) is 5.75 Å². The Balaban J connectivity index is 2.00. The van der Waals surface area contributed by atoms with E-state index in [-0.39, 0.29) is 18.0 Å². The van der Waals surface area contributed by atoms with E-state index in [1.165, 1.54) is 6.07 Å². The molecule has 0 amide bonds. The van der Waals surface area contributed by atoms with Gasteiger partial charge in [0.1, 0.15) is 17.7 Å². The minimum Gasteiger partial charge on any atom is -0.490 e. The summed E-state index contributed by atoms with van der Waals surface area (Å²) in [5.41, 5.74) is 0. The molecule has 1 aliphatic carbocycles. The van der Waals surface area contributed by atoms with Gasteiger partial charge in [0, 0.05) is 12.8 Å². The molecular formula is C10H10BrFO2. The van der Waals surface area contributed by atoms with E-state index in [0.717, 1.165) is 0 Å². The van der Waals surface area contributed by atoms with E-state index in [1.807, 2.05) is 0 Å². The minimum absolute atomic E-state index is 0.0716. The van der Waals surface area contributed by atoms with Gasteiger partial charge in [-0.15, -0.1) is 0 Å². The Kier molecular flexibility index (Phi) is 2.74. The summed E-state index contributed by atoms with van der Waals surface area (Å²) >= 11 is 3.08. The maximum absolute atomic E-state index is 12.9. The van der Waals surface area contributed by atoms with Gasteiger partial charge in [-0.25, -0.2) is 4.39 Å². The lowest BCUT2D eigenvalue weighted by atomic mass is 9.92. The van der Waals surface area contributed by atoms with Gasteiger partial charge >= 0.3 is 0 Å². The molecule has 1 aromatic rings. The van der Waals surface area contributed by atoms with Crippen molar-refractivity contribution in [3.63, 3.8) is 0 Å². The third-order valence-electron chi connectivity index (χ3n) is 2.26. The first kappa shape index (κ1) is 9.93. The lowest BCUT2D eigenvalue weighted by Crippen LogP contribution is -2.37. The molecule has 0 unspecified atom stereocenters. The van der Waals surface area contributed by atoms with Gasteiger partial charge in [-0.1, -0.05) is 0 Å². The summed E-state index contributed by atoms with van der Waals surface area (Å²) in [5.74, 6) is 0.334. The Labute approximate surface area is 89.8 Å². The zero-order valence-corrected chi connectivity index (χ0v) is 9.00. The minimum atomic E-state index is -0.300. The number of aliphatic hydroxyl groups excluding tert-OH is 1. The summed E-state index contributed by atoms with van der Waals surface area (Å²) in [6.45, 7) is 0. The Morgan fingerprint density at radius 1 is 1.43 bits per heavy atom. The molecule has 1 saturated carbocycles. The van der Waals surface area contributed by atoms with E-state index in [1.54, 1.807) is 12.1 Å². The molecule has 0 aromatic heterocycles. The molecule has 0 spiro atoms. The second-order valence-electron chi connectivity index (χ2n) is 3.44. The van der Waals surface area contributed by atoms with Gasteiger partial charge < -0.3 is 9.84 Å². The second-order valence-corrected chi connectivity index (χ2v) is 4.30. The summed E-state index contributed by atoms with van der Waals surface area (Å²) in [4.78, 5) is 0. The largest absolute Gasteiger partial charge is 0.490 e. The fourth-order valence-electron chi connectivity index (χ4n) is 1.38. The van der Waals surface area contributed by atoms with Gasteiger partial charge in [-0.05, 0) is 34.1 Å². The maximum atomic E-state index is 12.9. The van der Waals surface area contributed by atoms with Crippen molar-refractivity contribution in [3.05, 3.63) is 28.5 Å². The van der Waals surface area contributed by atoms with E-state index in [2.05, 4.69) is 15.9 Å². The highest BCUT2D eigenvalue weighted by Gasteiger charge is 2.28. The molecule has 4 heteroatoms. The van der Waals surface area contributed by atoms with Crippen molar-refractivity contribution in [1.29, 1.82) is 0 Å². The van der Waals surface area contributed by atoms with Crippen molar-refractivity contribution in [1.82, 2.24) is 0 Å². The second kappa shape index (κ2) is 3.87. The first-order valence-corrected chi connectivity index (χ1v) is 5.24. The van der Waals surface area contributed by atoms with Gasteiger partial charge in [0.2, 0.25) is 0 Å². The Hall–Kier alpha value is -0.610. The van der Waals surface area contributed by atoms with Crippen molar-refractivity contribution in [2.45, 2.75) is 25.0 Å². The van der Waals surface area contributed by atoms with Crippen LogP contribution in [0, 0.1) is 5.82 Å². The van der Waals surface area contributed by atoms with Gasteiger partial charge in [-0.3, -0.25) is 0 Å². The van der Waals surface area contributed by atoms with Crippen LogP contribution in [-0.2, 0) is 0 Å². The highest BCUT2D eigenvalue weighted by Crippen LogP contribution is 2.28. The fraction of sp³-hybridized carbons (Fsp3) is 0.400. The summed E-state index contributed by atoms with van der Waals surface area (Å²) in [6, 6.07) is 4.54. The number of halogens is 2. The molecule has 0 saturated heterocycles. The first-order chi connectivity index (χ1) is 6.65. The van der Waals surface area contributed by atoms with E-state index < -0.39 is 0 Å². The Morgan fingerprint density at radius 2 is 2.14 bits per heavy atom. The average molecular weight is 261 g/mol. The Bertz CT molecular complexity index is 337. The van der Waals surface area contributed by atoms with E-state index in [4.69, 9.17) is 9.84 Å². The van der Waals surface area contributed by atoms with Crippen LogP contribution in [0.2, 0.25) is 0 Å². The summed E-state index contributed by atoms with van der Waals surface area (Å²) in [6.07, 6.45) is 1.16. The SMILES string of the molecule is OC1CC(Oc2ccc(F)c(Br)c2)C1. The highest BCUT2D eigenvalue weighted by molar-refractivity contribution is 9.10. The third kappa shape index (κ3) is 2.07. The molecule has 0 radical (unpaired) electrons. The smallest absolute Gasteiger partial charge is 0.137 e. The highest BCUT2D eigenvalue weighted by atomic mass is 79.9. The molecule has 0 aliphatic heterocycles. The van der Waals surface area contributed by atoms with Gasteiger partial charge in [0.15, 0.2) is 0 Å². The summed E-state index contributed by atoms with van der Waals surface area (Å²) in [7, 11) is 0. The van der Waals surface area contributed by atoms with Crippen LogP contribution in [0.1, 0.15) is 12.8 Å². The zero-order chi connectivity index (χ0) is 10.1. The molecule has 1 aromatic carbocycles. The van der Waals surface area contributed by atoms with Gasteiger partial charge in [0.25, 0.3) is 0 Å². The lowest BCUT2D eigenvalue weighted by molar-refractivity contribution is -0.0108. The third-order valence-corrected chi connectivity index (χ3v) is 2.87. The van der Waals surface area contributed by atoms with Crippen molar-refractivity contribution >= 4 is 15.9 Å². The molecule has 1 N–H and O–H groups in total. The molecule has 76 valence electrons. The Morgan fingerprint density at radius 3 is 2.71 bits per heavy atom. The van der Waals surface area contributed by atoms with Crippen LogP contribution in [0.15, 0.2) is 22.7 Å². The van der Waals surface area contributed by atoms with Crippen molar-refractivity contribution in [2.24, 2.45) is 0 Å². The lowest BCUT2D eigenvalue weighted by Gasteiger charge is -2.31. The zero-order valence-electron chi connectivity index (χ0n) is 7.41. The maximum Gasteiger partial charge on any atom is 0.137 e. The van der Waals surface area contributed by atoms with Crippen LogP contribution >= 0.6 is 15.9 Å². The topological polar surface area (TPSA) is 29.5 Å². The standard InChI is InChI=1S/C10H10BrFO2/c11-9-5-7(1-2-10(9)12)14-8-3-6(13)4-8/h1-2,5-6,8,13H,3-4H2. The van der Waals surface area contributed by atoms with Crippen molar-refractivity contribution < 1.29 is 14.2 Å². The van der Waals surface area contributed by atoms with Gasteiger partial charge in [-0.2, -0.15) is 0 Å². The monoisotopic (exact) mass is 260 g/mol. The number of hydrogen-bond donors (Lipinski definition) is 1. The molecule has 0 bridgehead atoms. The number of aliphatic hydroxyl groups is 1.